The Morgan fingerprint density at radius 2 is 2.00 bits per heavy atom. The Labute approximate surface area is 180 Å². The predicted molar refractivity (Wildman–Crippen MR) is 123 cm³/mol. The molecule has 2 heterocycles. The molecule has 1 N–H and O–H groups in total. The Morgan fingerprint density at radius 1 is 1.26 bits per heavy atom. The molecule has 27 heavy (non-hydrogen) atoms. The third-order valence-corrected chi connectivity index (χ3v) is 5.12. The van der Waals surface area contributed by atoms with Gasteiger partial charge in [0.15, 0.2) is 5.96 Å². The van der Waals surface area contributed by atoms with Crippen LogP contribution in [0.4, 0.5) is 0 Å². The second-order valence-electron chi connectivity index (χ2n) is 7.93. The third kappa shape index (κ3) is 5.70. The van der Waals surface area contributed by atoms with E-state index in [-0.39, 0.29) is 24.0 Å². The van der Waals surface area contributed by atoms with Gasteiger partial charge >= 0.3 is 0 Å². The molecule has 1 aromatic heterocycles. The normalized spacial score (nSPS) is 16.3. The van der Waals surface area contributed by atoms with Crippen LogP contribution in [-0.2, 0) is 6.42 Å². The van der Waals surface area contributed by atoms with Crippen LogP contribution in [0.1, 0.15) is 37.9 Å². The van der Waals surface area contributed by atoms with E-state index >= 15 is 0 Å². The molecule has 1 aromatic carbocycles. The smallest absolute Gasteiger partial charge is 0.193 e. The zero-order valence-electron chi connectivity index (χ0n) is 16.9. The van der Waals surface area contributed by atoms with Gasteiger partial charge in [0.2, 0.25) is 0 Å². The van der Waals surface area contributed by atoms with E-state index in [1.807, 2.05) is 29.9 Å². The molecule has 148 valence electrons. The zero-order valence-corrected chi connectivity index (χ0v) is 19.2. The average Bonchev–Trinajstić information content (AvgIpc) is 3.18. The number of likely N-dealkylation sites (tertiary alicyclic amines) is 1. The molecule has 0 spiro atoms. The molecule has 3 rings (SSSR count). The molecule has 1 aliphatic heterocycles. The maximum Gasteiger partial charge on any atom is 0.193 e. The number of para-hydroxylation sites is 1. The summed E-state index contributed by atoms with van der Waals surface area (Å²) in [6.07, 6.45) is 5.47. The van der Waals surface area contributed by atoms with Crippen LogP contribution >= 0.6 is 24.0 Å². The van der Waals surface area contributed by atoms with Gasteiger partial charge in [0, 0.05) is 32.9 Å². The highest BCUT2D eigenvalue weighted by Gasteiger charge is 2.30. The minimum atomic E-state index is 0. The van der Waals surface area contributed by atoms with Crippen LogP contribution in [0.3, 0.4) is 0 Å². The molecular formula is C21H32IN5. The van der Waals surface area contributed by atoms with Crippen molar-refractivity contribution in [1.82, 2.24) is 20.0 Å². The molecule has 0 aliphatic carbocycles. The Kier molecular flexibility index (Phi) is 7.70. The van der Waals surface area contributed by atoms with E-state index in [2.05, 4.69) is 59.4 Å². The van der Waals surface area contributed by atoms with Crippen LogP contribution in [0, 0.1) is 12.3 Å². The summed E-state index contributed by atoms with van der Waals surface area (Å²) in [6.45, 7) is 9.85. The molecule has 5 nitrogen and oxygen atoms in total. The van der Waals surface area contributed by atoms with Crippen molar-refractivity contribution in [1.29, 1.82) is 0 Å². The maximum absolute atomic E-state index is 4.65. The zero-order chi connectivity index (χ0) is 18.6. The van der Waals surface area contributed by atoms with Gasteiger partial charge in [-0.3, -0.25) is 4.99 Å². The molecule has 2 aromatic rings. The van der Waals surface area contributed by atoms with Gasteiger partial charge in [-0.05, 0) is 49.3 Å². The fraction of sp³-hybridized carbons (Fsp3) is 0.524. The minimum absolute atomic E-state index is 0. The van der Waals surface area contributed by atoms with E-state index in [0.29, 0.717) is 5.41 Å². The van der Waals surface area contributed by atoms with Crippen molar-refractivity contribution in [2.24, 2.45) is 10.4 Å². The molecule has 0 radical (unpaired) electrons. The summed E-state index contributed by atoms with van der Waals surface area (Å²) in [5.41, 5.74) is 3.92. The van der Waals surface area contributed by atoms with Crippen LogP contribution in [0.15, 0.2) is 41.5 Å². The molecule has 0 saturated carbocycles. The summed E-state index contributed by atoms with van der Waals surface area (Å²) >= 11 is 0. The summed E-state index contributed by atoms with van der Waals surface area (Å²) < 4.78 is 1.98. The van der Waals surface area contributed by atoms with Crippen LogP contribution in [-0.4, -0.2) is 47.3 Å². The lowest BCUT2D eigenvalue weighted by Gasteiger charge is -2.23. The number of halogens is 1. The lowest BCUT2D eigenvalue weighted by Crippen LogP contribution is -2.41. The first-order chi connectivity index (χ1) is 12.5. The van der Waals surface area contributed by atoms with E-state index in [0.717, 1.165) is 49.8 Å². The summed E-state index contributed by atoms with van der Waals surface area (Å²) in [6, 6.07) is 10.3. The van der Waals surface area contributed by atoms with Crippen LogP contribution in [0.2, 0.25) is 0 Å². The molecule has 0 atom stereocenters. The second-order valence-corrected chi connectivity index (χ2v) is 7.93. The first-order valence-electron chi connectivity index (χ1n) is 9.55. The summed E-state index contributed by atoms with van der Waals surface area (Å²) in [4.78, 5) is 6.83. The van der Waals surface area contributed by atoms with Crippen molar-refractivity contribution < 1.29 is 0 Å². The summed E-state index contributed by atoms with van der Waals surface area (Å²) in [5.74, 6) is 1.03. The van der Waals surface area contributed by atoms with Crippen molar-refractivity contribution in [3.05, 3.63) is 47.8 Å². The summed E-state index contributed by atoms with van der Waals surface area (Å²) in [5, 5.41) is 8.18. The maximum atomic E-state index is 4.65. The van der Waals surface area contributed by atoms with E-state index < -0.39 is 0 Å². The molecule has 6 heteroatoms. The van der Waals surface area contributed by atoms with E-state index in [9.17, 15) is 0 Å². The largest absolute Gasteiger partial charge is 0.356 e. The number of rotatable bonds is 5. The van der Waals surface area contributed by atoms with Gasteiger partial charge < -0.3 is 10.2 Å². The van der Waals surface area contributed by atoms with Gasteiger partial charge in [0.1, 0.15) is 0 Å². The summed E-state index contributed by atoms with van der Waals surface area (Å²) in [7, 11) is 1.88. The predicted octanol–water partition coefficient (Wildman–Crippen LogP) is 4.04. The van der Waals surface area contributed by atoms with Gasteiger partial charge in [0.25, 0.3) is 0 Å². The Hall–Kier alpha value is -1.57. The fourth-order valence-electron chi connectivity index (χ4n) is 3.56. The molecular weight excluding hydrogens is 449 g/mol. The number of hydrogen-bond donors (Lipinski definition) is 1. The van der Waals surface area contributed by atoms with Gasteiger partial charge in [-0.15, -0.1) is 24.0 Å². The monoisotopic (exact) mass is 481 g/mol. The molecule has 1 saturated heterocycles. The Balaban J connectivity index is 0.00000261. The van der Waals surface area contributed by atoms with Crippen LogP contribution in [0.25, 0.3) is 5.69 Å². The highest BCUT2D eigenvalue weighted by molar-refractivity contribution is 14.0. The van der Waals surface area contributed by atoms with E-state index in [1.54, 1.807) is 0 Å². The second kappa shape index (κ2) is 9.57. The number of aromatic nitrogens is 2. The molecule has 1 fully saturated rings. The number of nitrogens with one attached hydrogen (secondary N) is 1. The molecule has 0 unspecified atom stereocenters. The van der Waals surface area contributed by atoms with Crippen molar-refractivity contribution in [2.75, 3.05) is 26.7 Å². The van der Waals surface area contributed by atoms with Crippen LogP contribution in [0.5, 0.6) is 0 Å². The number of hydrogen-bond acceptors (Lipinski definition) is 2. The Bertz CT molecular complexity index is 751. The molecule has 1 aliphatic rings. The topological polar surface area (TPSA) is 45.5 Å². The van der Waals surface area contributed by atoms with Crippen molar-refractivity contribution >= 4 is 29.9 Å². The van der Waals surface area contributed by atoms with E-state index in [4.69, 9.17) is 0 Å². The SMILES string of the molecule is CN=C(NCCCc1cn(-c2ccccc2)nc1C)N1CCC(C)(C)C1.I. The first kappa shape index (κ1) is 21.7. The standard InChI is InChI=1S/C21H31N5.HI/c1-17-18(15-26(24-17)19-10-6-5-7-11-19)9-8-13-23-20(22-4)25-14-12-21(2,3)16-25;/h5-7,10-11,15H,8-9,12-14,16H2,1-4H3,(H,22,23);1H. The minimum Gasteiger partial charge on any atom is -0.356 e. The fourth-order valence-corrected chi connectivity index (χ4v) is 3.56. The van der Waals surface area contributed by atoms with Gasteiger partial charge in [0.05, 0.1) is 11.4 Å². The highest BCUT2D eigenvalue weighted by Crippen LogP contribution is 2.28. The average molecular weight is 481 g/mol. The lowest BCUT2D eigenvalue weighted by atomic mass is 9.93. The molecule has 0 amide bonds. The number of benzene rings is 1. The van der Waals surface area contributed by atoms with Gasteiger partial charge in [-0.1, -0.05) is 32.0 Å². The van der Waals surface area contributed by atoms with Crippen molar-refractivity contribution in [2.45, 2.75) is 40.0 Å². The molecule has 0 bridgehead atoms. The van der Waals surface area contributed by atoms with Gasteiger partial charge in [-0.2, -0.15) is 5.10 Å². The first-order valence-corrected chi connectivity index (χ1v) is 9.55. The number of aryl methyl sites for hydroxylation is 2. The van der Waals surface area contributed by atoms with Crippen LogP contribution < -0.4 is 5.32 Å². The highest BCUT2D eigenvalue weighted by atomic mass is 127. The van der Waals surface area contributed by atoms with Crippen molar-refractivity contribution in [3.63, 3.8) is 0 Å². The van der Waals surface area contributed by atoms with E-state index in [1.165, 1.54) is 12.0 Å². The quantitative estimate of drug-likeness (QED) is 0.304. The number of nitrogens with zero attached hydrogens (tertiary/aromatic N) is 4. The lowest BCUT2D eigenvalue weighted by molar-refractivity contribution is 0.370. The Morgan fingerprint density at radius 3 is 2.63 bits per heavy atom. The number of aliphatic imine (C=N–C) groups is 1. The third-order valence-electron chi connectivity index (χ3n) is 5.12. The number of guanidine groups is 1. The van der Waals surface area contributed by atoms with Gasteiger partial charge in [-0.25, -0.2) is 4.68 Å². The van der Waals surface area contributed by atoms with Crippen molar-refractivity contribution in [3.8, 4) is 5.69 Å².